The molecule has 0 radical (unpaired) electrons. The van der Waals surface area contributed by atoms with Crippen LogP contribution in [0, 0.1) is 0 Å². The third-order valence-corrected chi connectivity index (χ3v) is 4.83. The number of carbonyl (C=O) groups excluding carboxylic acids is 3. The van der Waals surface area contributed by atoms with E-state index in [1.54, 1.807) is 18.2 Å². The van der Waals surface area contributed by atoms with Gasteiger partial charge in [-0.25, -0.2) is 0 Å². The summed E-state index contributed by atoms with van der Waals surface area (Å²) in [5.41, 5.74) is 0.403. The minimum absolute atomic E-state index is 0.160. The fourth-order valence-electron chi connectivity index (χ4n) is 3.52. The number of anilines is 1. The van der Waals surface area contributed by atoms with Crippen molar-refractivity contribution in [3.8, 4) is 5.75 Å². The molecule has 2 aliphatic heterocycles. The van der Waals surface area contributed by atoms with Crippen molar-refractivity contribution in [1.82, 2.24) is 4.90 Å². The molecule has 0 bridgehead atoms. The van der Waals surface area contributed by atoms with Gasteiger partial charge >= 0.3 is 0 Å². The van der Waals surface area contributed by atoms with Crippen molar-refractivity contribution in [1.29, 1.82) is 0 Å². The molecule has 4 rings (SSSR count). The summed E-state index contributed by atoms with van der Waals surface area (Å²) in [5.74, 6) is -0.744. The Morgan fingerprint density at radius 3 is 2.60 bits per heavy atom. The molecule has 25 heavy (non-hydrogen) atoms. The van der Waals surface area contributed by atoms with E-state index < -0.39 is 17.2 Å². The van der Waals surface area contributed by atoms with Gasteiger partial charge in [-0.1, -0.05) is 30.3 Å². The summed E-state index contributed by atoms with van der Waals surface area (Å²) in [6.45, 7) is 0.160. The summed E-state index contributed by atoms with van der Waals surface area (Å²) in [5, 5.41) is 2.72. The number of amides is 3. The van der Waals surface area contributed by atoms with E-state index in [2.05, 4.69) is 5.32 Å². The van der Waals surface area contributed by atoms with Gasteiger partial charge in [-0.05, 0) is 23.8 Å². The van der Waals surface area contributed by atoms with Crippen LogP contribution < -0.4 is 10.1 Å². The summed E-state index contributed by atoms with van der Waals surface area (Å²) in [6, 6.07) is 14.3. The Bertz CT molecular complexity index is 894. The maximum Gasteiger partial charge on any atom is 0.250 e. The molecule has 1 N–H and O–H groups in total. The van der Waals surface area contributed by atoms with Crippen molar-refractivity contribution < 1.29 is 19.1 Å². The lowest BCUT2D eigenvalue weighted by Gasteiger charge is -2.20. The van der Waals surface area contributed by atoms with Gasteiger partial charge in [0, 0.05) is 11.3 Å². The first-order valence-electron chi connectivity index (χ1n) is 7.95. The van der Waals surface area contributed by atoms with Crippen LogP contribution in [0.3, 0.4) is 0 Å². The van der Waals surface area contributed by atoms with Gasteiger partial charge in [0.1, 0.15) is 5.75 Å². The fourth-order valence-corrected chi connectivity index (χ4v) is 3.52. The average molecular weight is 336 g/mol. The van der Waals surface area contributed by atoms with Crippen LogP contribution in [0.2, 0.25) is 0 Å². The zero-order valence-corrected chi connectivity index (χ0v) is 13.6. The zero-order valence-electron chi connectivity index (χ0n) is 13.6. The summed E-state index contributed by atoms with van der Waals surface area (Å²) in [6.07, 6.45) is -0.162. The minimum atomic E-state index is -1.49. The van der Waals surface area contributed by atoms with E-state index in [1.165, 1.54) is 12.0 Å². The predicted molar refractivity (Wildman–Crippen MR) is 89.9 cm³/mol. The number of fused-ring (bicyclic) bond motifs is 2. The van der Waals surface area contributed by atoms with Crippen LogP contribution in [-0.2, 0) is 26.3 Å². The minimum Gasteiger partial charge on any atom is -0.497 e. The molecule has 1 spiro atoms. The summed E-state index contributed by atoms with van der Waals surface area (Å²) >= 11 is 0. The van der Waals surface area contributed by atoms with Crippen molar-refractivity contribution in [3.05, 3.63) is 59.7 Å². The van der Waals surface area contributed by atoms with Crippen LogP contribution in [-0.4, -0.2) is 29.7 Å². The third-order valence-electron chi connectivity index (χ3n) is 4.83. The quantitative estimate of drug-likeness (QED) is 0.685. The molecule has 2 aliphatic rings. The van der Waals surface area contributed by atoms with Crippen LogP contribution in [0.25, 0.3) is 0 Å². The molecule has 2 heterocycles. The highest BCUT2D eigenvalue weighted by Crippen LogP contribution is 2.47. The Labute approximate surface area is 144 Å². The number of imide groups is 1. The van der Waals surface area contributed by atoms with Gasteiger partial charge < -0.3 is 10.1 Å². The second-order valence-corrected chi connectivity index (χ2v) is 6.22. The molecule has 2 aromatic carbocycles. The van der Waals surface area contributed by atoms with Gasteiger partial charge in [-0.3, -0.25) is 19.3 Å². The molecule has 0 aromatic heterocycles. The first-order chi connectivity index (χ1) is 12.1. The molecule has 6 heteroatoms. The highest BCUT2D eigenvalue weighted by molar-refractivity contribution is 6.27. The molecule has 0 saturated carbocycles. The van der Waals surface area contributed by atoms with Crippen LogP contribution in [0.1, 0.15) is 17.5 Å². The standard InChI is InChI=1S/C19H16N2O4/c1-25-13-7-8-15-14(9-13)19(17(23)20-15)10-16(22)21(18(19)24)11-12-5-3-2-4-6-12/h2-9H,10-11H2,1H3,(H,20,23)/t19-/m1/s1. The van der Waals surface area contributed by atoms with E-state index in [4.69, 9.17) is 4.74 Å². The monoisotopic (exact) mass is 336 g/mol. The number of hydrogen-bond donors (Lipinski definition) is 1. The number of ether oxygens (including phenoxy) is 1. The van der Waals surface area contributed by atoms with E-state index in [0.29, 0.717) is 17.0 Å². The van der Waals surface area contributed by atoms with Crippen molar-refractivity contribution in [3.63, 3.8) is 0 Å². The summed E-state index contributed by atoms with van der Waals surface area (Å²) < 4.78 is 5.21. The van der Waals surface area contributed by atoms with Gasteiger partial charge in [-0.2, -0.15) is 0 Å². The predicted octanol–water partition coefficient (Wildman–Crippen LogP) is 1.84. The Kier molecular flexibility index (Phi) is 3.35. The maximum absolute atomic E-state index is 13.1. The Balaban J connectivity index is 1.76. The second-order valence-electron chi connectivity index (χ2n) is 6.22. The van der Waals surface area contributed by atoms with Crippen LogP contribution in [0.4, 0.5) is 5.69 Å². The Morgan fingerprint density at radius 1 is 1.12 bits per heavy atom. The summed E-state index contributed by atoms with van der Waals surface area (Å²) in [7, 11) is 1.52. The van der Waals surface area contributed by atoms with Gasteiger partial charge in [0.25, 0.3) is 0 Å². The maximum atomic E-state index is 13.1. The summed E-state index contributed by atoms with van der Waals surface area (Å²) in [4.78, 5) is 39.5. The van der Waals surface area contributed by atoms with Gasteiger partial charge in [0.2, 0.25) is 17.7 Å². The highest BCUT2D eigenvalue weighted by atomic mass is 16.5. The number of carbonyl (C=O) groups is 3. The third kappa shape index (κ3) is 2.14. The normalized spacial score (nSPS) is 21.6. The van der Waals surface area contributed by atoms with E-state index >= 15 is 0 Å². The molecule has 1 atom stereocenters. The van der Waals surface area contributed by atoms with Crippen molar-refractivity contribution >= 4 is 23.4 Å². The van der Waals surface area contributed by atoms with E-state index in [9.17, 15) is 14.4 Å². The number of benzene rings is 2. The van der Waals surface area contributed by atoms with Crippen molar-refractivity contribution in [2.75, 3.05) is 12.4 Å². The molecule has 126 valence electrons. The molecule has 0 unspecified atom stereocenters. The zero-order chi connectivity index (χ0) is 17.6. The average Bonchev–Trinajstić information content (AvgIpc) is 3.05. The second kappa shape index (κ2) is 5.44. The van der Waals surface area contributed by atoms with E-state index in [0.717, 1.165) is 5.56 Å². The largest absolute Gasteiger partial charge is 0.497 e. The van der Waals surface area contributed by atoms with Crippen LogP contribution >= 0.6 is 0 Å². The molecule has 6 nitrogen and oxygen atoms in total. The van der Waals surface area contributed by atoms with Gasteiger partial charge in [0.15, 0.2) is 5.41 Å². The number of hydrogen-bond acceptors (Lipinski definition) is 4. The van der Waals surface area contributed by atoms with Crippen LogP contribution in [0.5, 0.6) is 5.75 Å². The molecular formula is C19H16N2O4. The SMILES string of the molecule is COc1ccc2c(c1)[C@]1(CC(=O)N(Cc3ccccc3)C1=O)C(=O)N2. The number of rotatable bonds is 3. The molecule has 1 fully saturated rings. The smallest absolute Gasteiger partial charge is 0.250 e. The van der Waals surface area contributed by atoms with E-state index in [-0.39, 0.29) is 18.9 Å². The van der Waals surface area contributed by atoms with Crippen LogP contribution in [0.15, 0.2) is 48.5 Å². The molecule has 0 aliphatic carbocycles. The van der Waals surface area contributed by atoms with Crippen molar-refractivity contribution in [2.45, 2.75) is 18.4 Å². The highest BCUT2D eigenvalue weighted by Gasteiger charge is 2.61. The lowest BCUT2D eigenvalue weighted by molar-refractivity contribution is -0.141. The fraction of sp³-hybridized carbons (Fsp3) is 0.211. The number of nitrogens with one attached hydrogen (secondary N) is 1. The van der Waals surface area contributed by atoms with Gasteiger partial charge in [-0.15, -0.1) is 0 Å². The lowest BCUT2D eigenvalue weighted by atomic mass is 9.80. The first-order valence-corrected chi connectivity index (χ1v) is 7.95. The molecule has 3 amide bonds. The van der Waals surface area contributed by atoms with Gasteiger partial charge in [0.05, 0.1) is 20.1 Å². The number of methoxy groups -OCH3 is 1. The lowest BCUT2D eigenvalue weighted by Crippen LogP contribution is -2.43. The molecule has 2 aromatic rings. The first kappa shape index (κ1) is 15.4. The number of likely N-dealkylation sites (tertiary alicyclic amines) is 1. The topological polar surface area (TPSA) is 75.7 Å². The van der Waals surface area contributed by atoms with E-state index in [1.807, 2.05) is 30.3 Å². The number of nitrogens with zero attached hydrogens (tertiary/aromatic N) is 1. The van der Waals surface area contributed by atoms with Crippen molar-refractivity contribution in [2.24, 2.45) is 0 Å². The Morgan fingerprint density at radius 2 is 1.88 bits per heavy atom. The molecule has 1 saturated heterocycles. The molecular weight excluding hydrogens is 320 g/mol. The Hall–Kier alpha value is -3.15.